The van der Waals surface area contributed by atoms with Gasteiger partial charge >= 0.3 is 0 Å². The van der Waals surface area contributed by atoms with Crippen LogP contribution in [0.3, 0.4) is 0 Å². The van der Waals surface area contributed by atoms with E-state index in [1.165, 1.54) is 0 Å². The van der Waals surface area contributed by atoms with E-state index in [4.69, 9.17) is 5.11 Å². The highest BCUT2D eigenvalue weighted by atomic mass is 16.3. The first kappa shape index (κ1) is 14.3. The van der Waals surface area contributed by atoms with Gasteiger partial charge in [0.25, 0.3) is 0 Å². The van der Waals surface area contributed by atoms with E-state index in [9.17, 15) is 5.11 Å². The molecule has 2 N–H and O–H groups in total. The number of aliphatic hydroxyl groups is 2. The van der Waals surface area contributed by atoms with Crippen LogP contribution in [-0.2, 0) is 0 Å². The van der Waals surface area contributed by atoms with Gasteiger partial charge in [0.1, 0.15) is 0 Å². The van der Waals surface area contributed by atoms with Crippen molar-refractivity contribution in [1.29, 1.82) is 0 Å². The number of hydrogen-bond donors (Lipinski definition) is 2. The van der Waals surface area contributed by atoms with E-state index in [1.807, 2.05) is 13.0 Å². The lowest BCUT2D eigenvalue weighted by Gasteiger charge is -1.98. The van der Waals surface area contributed by atoms with Crippen molar-refractivity contribution in [3.63, 3.8) is 0 Å². The summed E-state index contributed by atoms with van der Waals surface area (Å²) in [6.45, 7) is 1.88. The molecule has 0 saturated heterocycles. The Balaban J connectivity index is 3.90. The zero-order chi connectivity index (χ0) is 12.1. The van der Waals surface area contributed by atoms with Crippen molar-refractivity contribution < 1.29 is 10.2 Å². The van der Waals surface area contributed by atoms with Crippen LogP contribution in [0.25, 0.3) is 0 Å². The van der Waals surface area contributed by atoms with Gasteiger partial charge in [-0.3, -0.25) is 0 Å². The molecule has 0 aliphatic heterocycles. The average molecular weight is 216 g/mol. The Labute approximate surface area is 97.0 Å². The molecule has 2 heteroatoms. The monoisotopic (exact) mass is 216 g/mol. The standard InChI is InChI=1S/C14H16O2/c1-2-3-4-5-6-7-8-9-10-11-14(16)12-13-15/h2-3,8-11,14-16H,12-13H2,1H3/b3-2+,9-8+,11-10+/t14-/m1/s1. The van der Waals surface area contributed by atoms with Crippen LogP contribution >= 0.6 is 0 Å². The van der Waals surface area contributed by atoms with Crippen molar-refractivity contribution in [3.8, 4) is 23.7 Å². The summed E-state index contributed by atoms with van der Waals surface area (Å²) in [4.78, 5) is 0. The largest absolute Gasteiger partial charge is 0.396 e. The Morgan fingerprint density at radius 2 is 1.81 bits per heavy atom. The van der Waals surface area contributed by atoms with E-state index in [-0.39, 0.29) is 6.61 Å². The molecular weight excluding hydrogens is 200 g/mol. The molecule has 0 aliphatic rings. The van der Waals surface area contributed by atoms with Crippen molar-refractivity contribution in [2.75, 3.05) is 6.61 Å². The fraction of sp³-hybridized carbons (Fsp3) is 0.286. The van der Waals surface area contributed by atoms with E-state index in [2.05, 4.69) is 23.7 Å². The third-order valence-electron chi connectivity index (χ3n) is 1.51. The summed E-state index contributed by atoms with van der Waals surface area (Å²) < 4.78 is 0. The van der Waals surface area contributed by atoms with Crippen molar-refractivity contribution in [2.45, 2.75) is 19.4 Å². The summed E-state index contributed by atoms with van der Waals surface area (Å²) in [7, 11) is 0. The van der Waals surface area contributed by atoms with Crippen LogP contribution in [-0.4, -0.2) is 22.9 Å². The molecular formula is C14H16O2. The van der Waals surface area contributed by atoms with E-state index in [1.54, 1.807) is 30.4 Å². The van der Waals surface area contributed by atoms with Crippen molar-refractivity contribution in [1.82, 2.24) is 0 Å². The molecule has 0 heterocycles. The summed E-state index contributed by atoms with van der Waals surface area (Å²) >= 11 is 0. The van der Waals surface area contributed by atoms with Crippen LogP contribution in [0.15, 0.2) is 36.5 Å². The third kappa shape index (κ3) is 10.3. The van der Waals surface area contributed by atoms with Gasteiger partial charge in [0.15, 0.2) is 0 Å². The number of allylic oxidation sites excluding steroid dienone is 5. The molecule has 0 spiro atoms. The lowest BCUT2D eigenvalue weighted by Crippen LogP contribution is -2.03. The molecule has 0 aromatic heterocycles. The van der Waals surface area contributed by atoms with Crippen molar-refractivity contribution >= 4 is 0 Å². The second-order valence-electron chi connectivity index (χ2n) is 2.86. The van der Waals surface area contributed by atoms with Crippen LogP contribution in [0.1, 0.15) is 13.3 Å². The molecule has 1 atom stereocenters. The number of rotatable bonds is 4. The highest BCUT2D eigenvalue weighted by Crippen LogP contribution is 1.91. The maximum atomic E-state index is 9.20. The molecule has 16 heavy (non-hydrogen) atoms. The molecule has 0 aromatic rings. The molecule has 0 aliphatic carbocycles. The predicted octanol–water partition coefficient (Wildman–Crippen LogP) is 1.42. The summed E-state index contributed by atoms with van der Waals surface area (Å²) in [6, 6.07) is 0. The zero-order valence-electron chi connectivity index (χ0n) is 9.35. The summed E-state index contributed by atoms with van der Waals surface area (Å²) in [6.07, 6.45) is 9.97. The van der Waals surface area contributed by atoms with E-state index in [0.717, 1.165) is 0 Å². The normalized spacial score (nSPS) is 12.4. The molecule has 0 radical (unpaired) electrons. The van der Waals surface area contributed by atoms with Crippen molar-refractivity contribution in [3.05, 3.63) is 36.5 Å². The summed E-state index contributed by atoms with van der Waals surface area (Å²) in [5.74, 6) is 10.8. The SMILES string of the molecule is C/C=C/C#CC#C/C=C/C=C/[C@@H](O)CCO. The highest BCUT2D eigenvalue weighted by molar-refractivity contribution is 5.34. The van der Waals surface area contributed by atoms with E-state index < -0.39 is 6.10 Å². The molecule has 0 rings (SSSR count). The smallest absolute Gasteiger partial charge is 0.0745 e. The second-order valence-corrected chi connectivity index (χ2v) is 2.86. The Morgan fingerprint density at radius 1 is 1.12 bits per heavy atom. The molecule has 0 saturated carbocycles. The van der Waals surface area contributed by atoms with Gasteiger partial charge in [0.2, 0.25) is 0 Å². The van der Waals surface area contributed by atoms with Crippen LogP contribution in [0.4, 0.5) is 0 Å². The Hall–Kier alpha value is -1.74. The molecule has 0 bridgehead atoms. The van der Waals surface area contributed by atoms with E-state index in [0.29, 0.717) is 6.42 Å². The number of hydrogen-bond acceptors (Lipinski definition) is 2. The van der Waals surface area contributed by atoms with Gasteiger partial charge in [-0.25, -0.2) is 0 Å². The van der Waals surface area contributed by atoms with Gasteiger partial charge in [-0.2, -0.15) is 0 Å². The van der Waals surface area contributed by atoms with Crippen LogP contribution in [0, 0.1) is 23.7 Å². The topological polar surface area (TPSA) is 40.5 Å². The minimum absolute atomic E-state index is 0.0183. The molecule has 84 valence electrons. The second kappa shape index (κ2) is 11.3. The Bertz CT molecular complexity index is 367. The summed E-state index contributed by atoms with van der Waals surface area (Å²) in [5, 5.41) is 17.7. The Kier molecular flexibility index (Phi) is 10.1. The number of aliphatic hydroxyl groups excluding tert-OH is 2. The van der Waals surface area contributed by atoms with Gasteiger partial charge < -0.3 is 10.2 Å². The molecule has 0 amide bonds. The summed E-state index contributed by atoms with van der Waals surface area (Å²) in [5.41, 5.74) is 0. The van der Waals surface area contributed by atoms with Gasteiger partial charge in [0.05, 0.1) is 6.10 Å². The fourth-order valence-electron chi connectivity index (χ4n) is 0.763. The average Bonchev–Trinajstić information content (AvgIpc) is 2.27. The lowest BCUT2D eigenvalue weighted by atomic mass is 10.2. The first-order valence-electron chi connectivity index (χ1n) is 5.05. The third-order valence-corrected chi connectivity index (χ3v) is 1.51. The minimum Gasteiger partial charge on any atom is -0.396 e. The van der Waals surface area contributed by atoms with Gasteiger partial charge in [-0.05, 0) is 37.3 Å². The van der Waals surface area contributed by atoms with E-state index >= 15 is 0 Å². The maximum Gasteiger partial charge on any atom is 0.0745 e. The Morgan fingerprint density at radius 3 is 2.44 bits per heavy atom. The molecule has 0 unspecified atom stereocenters. The quantitative estimate of drug-likeness (QED) is 0.551. The highest BCUT2D eigenvalue weighted by Gasteiger charge is 1.93. The first-order valence-corrected chi connectivity index (χ1v) is 5.05. The maximum absolute atomic E-state index is 9.20. The predicted molar refractivity (Wildman–Crippen MR) is 66.4 cm³/mol. The van der Waals surface area contributed by atoms with Gasteiger partial charge in [-0.1, -0.05) is 36.1 Å². The van der Waals surface area contributed by atoms with Crippen LogP contribution < -0.4 is 0 Å². The van der Waals surface area contributed by atoms with Gasteiger partial charge in [0, 0.05) is 6.61 Å². The van der Waals surface area contributed by atoms with Crippen molar-refractivity contribution in [2.24, 2.45) is 0 Å². The minimum atomic E-state index is -0.600. The van der Waals surface area contributed by atoms with Gasteiger partial charge in [-0.15, -0.1) is 0 Å². The fourth-order valence-corrected chi connectivity index (χ4v) is 0.763. The molecule has 0 fully saturated rings. The van der Waals surface area contributed by atoms with Crippen LogP contribution in [0.5, 0.6) is 0 Å². The lowest BCUT2D eigenvalue weighted by molar-refractivity contribution is 0.170. The first-order chi connectivity index (χ1) is 7.81. The molecule has 2 nitrogen and oxygen atoms in total. The zero-order valence-corrected chi connectivity index (χ0v) is 9.35. The molecule has 0 aromatic carbocycles. The van der Waals surface area contributed by atoms with Crippen LogP contribution in [0.2, 0.25) is 0 Å².